The first-order chi connectivity index (χ1) is 18.4. The van der Waals surface area contributed by atoms with Gasteiger partial charge in [-0.2, -0.15) is 0 Å². The normalized spacial score (nSPS) is 5.21. The number of carbonyl (C=O) groups excluding carboxylic acids is 3. The number of hydrogen-bond acceptors (Lipinski definition) is 9. The Morgan fingerprint density at radius 2 is 0.452 bits per heavy atom. The summed E-state index contributed by atoms with van der Waals surface area (Å²) in [6, 6.07) is 0. The van der Waals surface area contributed by atoms with Crippen LogP contribution in [0, 0.1) is 59.9 Å². The molecule has 3 radical (unpaired) electrons. The average molecular weight is 1120 g/mol. The quantitative estimate of drug-likeness (QED) is 0.181. The van der Waals surface area contributed by atoms with E-state index in [-0.39, 0.29) is 80.9 Å². The summed E-state index contributed by atoms with van der Waals surface area (Å²) in [5.74, 6) is -3.11. The monoisotopic (exact) mass is 1120 g/mol. The second-order valence-electron chi connectivity index (χ2n) is 4.83. The minimum atomic E-state index is -1.04. The van der Waals surface area contributed by atoms with E-state index in [1.165, 1.54) is 14.7 Å². The summed E-state index contributed by atoms with van der Waals surface area (Å²) in [4.78, 5) is 33.6. The van der Waals surface area contributed by atoms with E-state index in [0.29, 0.717) is 0 Å². The zero-order valence-corrected chi connectivity index (χ0v) is 30.9. The predicted octanol–water partition coefficient (Wildman–Crippen LogP) is -5.45. The standard InChI is InChI=1S/3C4H9NO2.9CO.3Re/c3*1-5(2)3-4(6)7;9*1-2;;;/h3*3H2,1-2H3,(H,6,7);;;;;;;;;;;;/p-3. The number of likely N-dealkylation sites (N-methyl/N-ethyl adjacent to an activating group) is 3. The molecule has 0 aliphatic carbocycles. The number of aliphatic carboxylic acids is 3. The minimum absolute atomic E-state index is 0. The van der Waals surface area contributed by atoms with Gasteiger partial charge in [-0.05, 0) is 42.3 Å². The first kappa shape index (κ1) is 97.4. The zero-order valence-electron chi connectivity index (χ0n) is 22.7. The van der Waals surface area contributed by atoms with Crippen molar-refractivity contribution in [1.82, 2.24) is 14.7 Å². The van der Waals surface area contributed by atoms with Gasteiger partial charge in [0.2, 0.25) is 0 Å². The summed E-state index contributed by atoms with van der Waals surface area (Å²) >= 11 is 0. The van der Waals surface area contributed by atoms with Gasteiger partial charge in [0.05, 0.1) is 17.9 Å². The summed E-state index contributed by atoms with van der Waals surface area (Å²) in [7, 11) is 10.1. The number of carboxylic acid groups (broad SMARTS) is 3. The van der Waals surface area contributed by atoms with Crippen LogP contribution >= 0.6 is 0 Å². The summed E-state index contributed by atoms with van der Waals surface area (Å²) < 4.78 is 67.5. The van der Waals surface area contributed by atoms with Gasteiger partial charge in [0, 0.05) is 80.9 Å². The van der Waals surface area contributed by atoms with Gasteiger partial charge in [0.25, 0.3) is 0 Å². The first-order valence-electron chi connectivity index (χ1n) is 7.75. The van der Waals surface area contributed by atoms with Crippen LogP contribution in [-0.4, -0.2) is 94.5 Å². The molecule has 0 aromatic carbocycles. The van der Waals surface area contributed by atoms with Crippen LogP contribution in [0.15, 0.2) is 0 Å². The van der Waals surface area contributed by atoms with Crippen molar-refractivity contribution < 1.29 is 133 Å². The molecule has 0 atom stereocenters. The van der Waals surface area contributed by atoms with Gasteiger partial charge in [-0.15, -0.1) is 0 Å². The average Bonchev–Trinajstić information content (AvgIpc) is 2.93. The van der Waals surface area contributed by atoms with Crippen molar-refractivity contribution >= 4 is 17.9 Å². The molecule has 0 aromatic rings. The van der Waals surface area contributed by atoms with Crippen LogP contribution in [0.2, 0.25) is 0 Å². The first-order valence-corrected chi connectivity index (χ1v) is 7.75. The Morgan fingerprint density at radius 1 is 0.381 bits per heavy atom. The van der Waals surface area contributed by atoms with Gasteiger partial charge in [-0.3, -0.25) is 0 Å². The zero-order chi connectivity index (χ0) is 35.6. The molecule has 0 aliphatic rings. The smallest absolute Gasteiger partial charge is 0 e. The van der Waals surface area contributed by atoms with E-state index in [1.807, 2.05) is 0 Å². The van der Waals surface area contributed by atoms with Crippen molar-refractivity contribution in [3.63, 3.8) is 0 Å². The molecule has 0 heterocycles. The van der Waals surface area contributed by atoms with Crippen molar-refractivity contribution in [2.45, 2.75) is 0 Å². The second-order valence-corrected chi connectivity index (χ2v) is 4.83. The number of nitrogens with zero attached hydrogens (tertiary/aromatic N) is 3. The van der Waals surface area contributed by atoms with Crippen molar-refractivity contribution in [2.75, 3.05) is 61.9 Å². The van der Waals surface area contributed by atoms with Crippen LogP contribution in [0.3, 0.4) is 0 Å². The molecular formula is C21H24N3O15Re3-3. The molecule has 0 rings (SSSR count). The Bertz CT molecular complexity index is 537. The molecule has 0 unspecified atom stereocenters. The topological polar surface area (TPSA) is 309 Å². The van der Waals surface area contributed by atoms with Gasteiger partial charge in [-0.1, -0.05) is 0 Å². The van der Waals surface area contributed by atoms with E-state index in [2.05, 4.69) is 59.9 Å². The molecule has 42 heavy (non-hydrogen) atoms. The maximum atomic E-state index is 9.66. The third-order valence-electron chi connectivity index (χ3n) is 1.34. The van der Waals surface area contributed by atoms with Crippen molar-refractivity contribution in [1.29, 1.82) is 0 Å². The van der Waals surface area contributed by atoms with Crippen molar-refractivity contribution in [3.8, 4) is 0 Å². The maximum Gasteiger partial charge on any atom is 0 e. The van der Waals surface area contributed by atoms with E-state index >= 15 is 0 Å². The Balaban J connectivity index is -0.0000000154. The summed E-state index contributed by atoms with van der Waals surface area (Å²) in [5, 5.41) is 29.0. The number of carbonyl (C=O) groups is 3. The third kappa shape index (κ3) is 524. The van der Waals surface area contributed by atoms with E-state index in [9.17, 15) is 29.7 Å². The number of hydrogen-bond donors (Lipinski definition) is 0. The van der Waals surface area contributed by atoms with Crippen LogP contribution in [0.4, 0.5) is 0 Å². The fourth-order valence-corrected chi connectivity index (χ4v) is 0.775. The van der Waals surface area contributed by atoms with E-state index in [1.54, 1.807) is 42.3 Å². The van der Waals surface area contributed by atoms with Crippen LogP contribution in [0.1, 0.15) is 0 Å². The Kier molecular flexibility index (Phi) is 362. The summed E-state index contributed by atoms with van der Waals surface area (Å²) in [5.41, 5.74) is 0. The minimum Gasteiger partial charge on any atom is 0 e. The molecule has 0 aromatic heterocycles. The SMILES string of the molecule is CN(C)CC(=O)[O-].CN(C)CC(=O)[O-].CN(C)CC(=O)[O-].[C-]#[O+].[C-]#[O+].[C-]#[O+].[C-]#[O+].[C-]#[O+].[C-]#[O+].[C-]#[O+].[C-]#[O+].[C-]#[O+].[Re].[Re].[Re]. The van der Waals surface area contributed by atoms with E-state index < -0.39 is 17.9 Å². The molecule has 0 aliphatic heterocycles. The van der Waals surface area contributed by atoms with Crippen molar-refractivity contribution in [3.05, 3.63) is 59.9 Å². The molecule has 0 spiro atoms. The molecule has 0 saturated heterocycles. The largest absolute Gasteiger partial charge is 0 e. The fraction of sp³-hybridized carbons (Fsp3) is 0.429. The Morgan fingerprint density at radius 3 is 0.452 bits per heavy atom. The van der Waals surface area contributed by atoms with E-state index in [4.69, 9.17) is 41.9 Å². The second kappa shape index (κ2) is 156. The number of rotatable bonds is 6. The summed E-state index contributed by atoms with van der Waals surface area (Å²) in [6.07, 6.45) is 0. The molecule has 18 nitrogen and oxygen atoms in total. The molecule has 0 bridgehead atoms. The number of carboxylic acids is 3. The molecule has 0 fully saturated rings. The van der Waals surface area contributed by atoms with Gasteiger partial charge in [0.15, 0.2) is 0 Å². The van der Waals surface area contributed by atoms with Crippen LogP contribution in [0.5, 0.6) is 0 Å². The van der Waals surface area contributed by atoms with Gasteiger partial charge < -0.3 is 44.4 Å². The van der Waals surface area contributed by atoms with E-state index in [0.717, 1.165) is 0 Å². The summed E-state index contributed by atoms with van der Waals surface area (Å²) in [6.45, 7) is 40.5. The van der Waals surface area contributed by atoms with Crippen LogP contribution < -0.4 is 15.3 Å². The van der Waals surface area contributed by atoms with Crippen molar-refractivity contribution in [2.24, 2.45) is 0 Å². The van der Waals surface area contributed by atoms with Crippen LogP contribution in [-0.2, 0) is 118 Å². The molecule has 0 saturated carbocycles. The van der Waals surface area contributed by atoms with Gasteiger partial charge in [-0.25, -0.2) is 0 Å². The molecular weight excluding hydrogens is 1090 g/mol. The molecule has 21 heteroatoms. The predicted molar refractivity (Wildman–Crippen MR) is 106 cm³/mol. The third-order valence-corrected chi connectivity index (χ3v) is 1.34. The van der Waals surface area contributed by atoms with Crippen LogP contribution in [0.25, 0.3) is 0 Å². The fourth-order valence-electron chi connectivity index (χ4n) is 0.775. The molecule has 0 amide bonds. The maximum absolute atomic E-state index is 9.66. The molecule has 237 valence electrons. The molecule has 0 N–H and O–H groups in total. The Labute approximate surface area is 286 Å². The Hall–Kier alpha value is -2.06. The van der Waals surface area contributed by atoms with Gasteiger partial charge in [0.1, 0.15) is 0 Å². The van der Waals surface area contributed by atoms with Gasteiger partial charge >= 0.3 is 102 Å².